The molecule has 0 saturated carbocycles. The molecule has 2 aromatic carbocycles. The zero-order valence-corrected chi connectivity index (χ0v) is 10.0. The molecule has 0 saturated heterocycles. The number of nitrogens with two attached hydrogens (primary N) is 1. The highest BCUT2D eigenvalue weighted by atomic mass is 14.9. The van der Waals surface area contributed by atoms with Crippen molar-refractivity contribution in [2.24, 2.45) is 5.73 Å². The van der Waals surface area contributed by atoms with E-state index in [2.05, 4.69) is 22.1 Å². The molecule has 1 atom stereocenters. The van der Waals surface area contributed by atoms with Crippen LogP contribution in [0.5, 0.6) is 0 Å². The Balaban J connectivity index is 2.06. The summed E-state index contributed by atoms with van der Waals surface area (Å²) in [7, 11) is 0. The highest BCUT2D eigenvalue weighted by Gasteiger charge is 2.15. The molecule has 0 fully saturated rings. The van der Waals surface area contributed by atoms with Crippen molar-refractivity contribution in [3.8, 4) is 0 Å². The minimum atomic E-state index is 0.124. The summed E-state index contributed by atoms with van der Waals surface area (Å²) in [6, 6.07) is 18.3. The van der Waals surface area contributed by atoms with Gasteiger partial charge >= 0.3 is 0 Å². The Hall–Kier alpha value is -2.13. The van der Waals surface area contributed by atoms with Crippen molar-refractivity contribution < 1.29 is 0 Å². The smallest absolute Gasteiger partial charge is 0.116 e. The molecule has 3 nitrogen and oxygen atoms in total. The Morgan fingerprint density at radius 1 is 1.00 bits per heavy atom. The highest BCUT2D eigenvalue weighted by molar-refractivity contribution is 5.75. The predicted molar refractivity (Wildman–Crippen MR) is 73.4 cm³/mol. The van der Waals surface area contributed by atoms with Crippen LogP contribution in [0.2, 0.25) is 0 Å². The summed E-state index contributed by atoms with van der Waals surface area (Å²) in [5.41, 5.74) is 9.14. The van der Waals surface area contributed by atoms with Gasteiger partial charge in [-0.3, -0.25) is 0 Å². The molecule has 90 valence electrons. The van der Waals surface area contributed by atoms with Gasteiger partial charge < -0.3 is 10.7 Å². The van der Waals surface area contributed by atoms with E-state index in [1.165, 1.54) is 5.56 Å². The maximum absolute atomic E-state index is 5.90. The summed E-state index contributed by atoms with van der Waals surface area (Å²) in [5.74, 6) is 1.06. The molecule has 3 aromatic rings. The van der Waals surface area contributed by atoms with E-state index in [0.29, 0.717) is 6.54 Å². The first-order valence-corrected chi connectivity index (χ1v) is 6.08. The van der Waals surface area contributed by atoms with Crippen LogP contribution in [0.25, 0.3) is 11.0 Å². The zero-order chi connectivity index (χ0) is 12.4. The quantitative estimate of drug-likeness (QED) is 0.735. The molecule has 0 radical (unpaired) electrons. The van der Waals surface area contributed by atoms with E-state index in [4.69, 9.17) is 5.73 Å². The Morgan fingerprint density at radius 3 is 2.44 bits per heavy atom. The number of benzene rings is 2. The summed E-state index contributed by atoms with van der Waals surface area (Å²) < 4.78 is 0. The fourth-order valence-electron chi connectivity index (χ4n) is 2.23. The SMILES string of the molecule is NCC(c1ccccc1)c1nc2ccccc2[nH]1. The van der Waals surface area contributed by atoms with E-state index in [0.717, 1.165) is 16.9 Å². The van der Waals surface area contributed by atoms with Gasteiger partial charge in [-0.05, 0) is 17.7 Å². The van der Waals surface area contributed by atoms with Gasteiger partial charge in [0.15, 0.2) is 0 Å². The maximum Gasteiger partial charge on any atom is 0.116 e. The molecule has 1 unspecified atom stereocenters. The van der Waals surface area contributed by atoms with Gasteiger partial charge in [-0.2, -0.15) is 0 Å². The number of imidazole rings is 1. The van der Waals surface area contributed by atoms with Crippen LogP contribution in [0.1, 0.15) is 17.3 Å². The number of hydrogen-bond donors (Lipinski definition) is 2. The molecule has 1 aromatic heterocycles. The Kier molecular flexibility index (Phi) is 2.82. The third-order valence-electron chi connectivity index (χ3n) is 3.18. The van der Waals surface area contributed by atoms with Crippen molar-refractivity contribution in [1.82, 2.24) is 9.97 Å². The monoisotopic (exact) mass is 237 g/mol. The number of fused-ring (bicyclic) bond motifs is 1. The molecule has 1 heterocycles. The molecule has 3 heteroatoms. The van der Waals surface area contributed by atoms with Crippen LogP contribution >= 0.6 is 0 Å². The van der Waals surface area contributed by atoms with Crippen LogP contribution in [-0.4, -0.2) is 16.5 Å². The van der Waals surface area contributed by atoms with E-state index in [1.54, 1.807) is 0 Å². The summed E-state index contributed by atoms with van der Waals surface area (Å²) in [4.78, 5) is 7.98. The van der Waals surface area contributed by atoms with Gasteiger partial charge in [-0.15, -0.1) is 0 Å². The number of aromatic nitrogens is 2. The fraction of sp³-hybridized carbons (Fsp3) is 0.133. The van der Waals surface area contributed by atoms with E-state index in [9.17, 15) is 0 Å². The molecule has 0 aliphatic rings. The van der Waals surface area contributed by atoms with Crippen molar-refractivity contribution in [2.45, 2.75) is 5.92 Å². The molecule has 18 heavy (non-hydrogen) atoms. The second-order valence-electron chi connectivity index (χ2n) is 4.34. The van der Waals surface area contributed by atoms with Gasteiger partial charge in [0.25, 0.3) is 0 Å². The van der Waals surface area contributed by atoms with E-state index in [1.807, 2.05) is 42.5 Å². The molecular formula is C15H15N3. The van der Waals surface area contributed by atoms with Crippen LogP contribution in [0, 0.1) is 0 Å². The largest absolute Gasteiger partial charge is 0.341 e. The molecule has 0 spiro atoms. The van der Waals surface area contributed by atoms with E-state index < -0.39 is 0 Å². The number of rotatable bonds is 3. The number of H-pyrrole nitrogens is 1. The van der Waals surface area contributed by atoms with Crippen LogP contribution in [0.4, 0.5) is 0 Å². The normalized spacial score (nSPS) is 12.7. The second-order valence-corrected chi connectivity index (χ2v) is 4.34. The second kappa shape index (κ2) is 4.63. The van der Waals surface area contributed by atoms with Crippen LogP contribution in [0.3, 0.4) is 0 Å². The fourth-order valence-corrected chi connectivity index (χ4v) is 2.23. The van der Waals surface area contributed by atoms with Crippen LogP contribution in [0.15, 0.2) is 54.6 Å². The lowest BCUT2D eigenvalue weighted by molar-refractivity contribution is 0.769. The Labute approximate surface area is 106 Å². The van der Waals surface area contributed by atoms with Gasteiger partial charge in [-0.1, -0.05) is 42.5 Å². The van der Waals surface area contributed by atoms with E-state index in [-0.39, 0.29) is 5.92 Å². The van der Waals surface area contributed by atoms with Crippen molar-refractivity contribution in [3.63, 3.8) is 0 Å². The number of hydrogen-bond acceptors (Lipinski definition) is 2. The molecule has 0 aliphatic carbocycles. The minimum absolute atomic E-state index is 0.124. The van der Waals surface area contributed by atoms with Crippen LogP contribution < -0.4 is 5.73 Å². The summed E-state index contributed by atoms with van der Waals surface area (Å²) >= 11 is 0. The maximum atomic E-state index is 5.90. The van der Waals surface area contributed by atoms with Gasteiger partial charge in [0, 0.05) is 6.54 Å². The number of nitrogens with zero attached hydrogens (tertiary/aromatic N) is 1. The lowest BCUT2D eigenvalue weighted by Crippen LogP contribution is -2.15. The Bertz CT molecular complexity index is 610. The number of para-hydroxylation sites is 2. The molecule has 3 rings (SSSR count). The topological polar surface area (TPSA) is 54.7 Å². The lowest BCUT2D eigenvalue weighted by Gasteiger charge is -2.11. The van der Waals surface area contributed by atoms with Gasteiger partial charge in [0.05, 0.1) is 17.0 Å². The average molecular weight is 237 g/mol. The standard InChI is InChI=1S/C15H15N3/c16-10-12(11-6-2-1-3-7-11)15-17-13-8-4-5-9-14(13)18-15/h1-9,12H,10,16H2,(H,17,18). The third-order valence-corrected chi connectivity index (χ3v) is 3.18. The number of aromatic amines is 1. The molecule has 0 bridgehead atoms. The Morgan fingerprint density at radius 2 is 1.72 bits per heavy atom. The minimum Gasteiger partial charge on any atom is -0.341 e. The first kappa shape index (κ1) is 11.0. The third kappa shape index (κ3) is 1.89. The van der Waals surface area contributed by atoms with Crippen molar-refractivity contribution in [2.75, 3.05) is 6.54 Å². The van der Waals surface area contributed by atoms with E-state index >= 15 is 0 Å². The molecule has 0 aliphatic heterocycles. The van der Waals surface area contributed by atoms with Crippen molar-refractivity contribution >= 4 is 11.0 Å². The zero-order valence-electron chi connectivity index (χ0n) is 10.0. The predicted octanol–water partition coefficient (Wildman–Crippen LogP) is 2.65. The molecule has 3 N–H and O–H groups in total. The highest BCUT2D eigenvalue weighted by Crippen LogP contribution is 2.23. The van der Waals surface area contributed by atoms with Crippen molar-refractivity contribution in [3.05, 3.63) is 66.0 Å². The van der Waals surface area contributed by atoms with Crippen molar-refractivity contribution in [1.29, 1.82) is 0 Å². The summed E-state index contributed by atoms with van der Waals surface area (Å²) in [5, 5.41) is 0. The van der Waals surface area contributed by atoms with Gasteiger partial charge in [0.1, 0.15) is 5.82 Å². The first-order chi connectivity index (χ1) is 8.88. The van der Waals surface area contributed by atoms with Crippen LogP contribution in [-0.2, 0) is 0 Å². The molecule has 0 amide bonds. The summed E-state index contributed by atoms with van der Waals surface area (Å²) in [6.45, 7) is 0.545. The van der Waals surface area contributed by atoms with Gasteiger partial charge in [-0.25, -0.2) is 4.98 Å². The van der Waals surface area contributed by atoms with Gasteiger partial charge in [0.2, 0.25) is 0 Å². The molecular weight excluding hydrogens is 222 g/mol. The lowest BCUT2D eigenvalue weighted by atomic mass is 9.99. The number of nitrogens with one attached hydrogen (secondary N) is 1. The average Bonchev–Trinajstić information content (AvgIpc) is 2.84. The summed E-state index contributed by atoms with van der Waals surface area (Å²) in [6.07, 6.45) is 0. The first-order valence-electron chi connectivity index (χ1n) is 6.08.